The van der Waals surface area contributed by atoms with Crippen molar-refractivity contribution in [1.29, 1.82) is 0 Å². The van der Waals surface area contributed by atoms with Crippen LogP contribution in [0.25, 0.3) is 6.08 Å². The van der Waals surface area contributed by atoms with Crippen LogP contribution in [0.15, 0.2) is 75.8 Å². The van der Waals surface area contributed by atoms with E-state index in [4.69, 9.17) is 9.47 Å². The van der Waals surface area contributed by atoms with E-state index in [1.165, 1.54) is 0 Å². The zero-order valence-electron chi connectivity index (χ0n) is 15.0. The maximum Gasteiger partial charge on any atom is 0.363 e. The summed E-state index contributed by atoms with van der Waals surface area (Å²) in [5.41, 5.74) is 2.01. The van der Waals surface area contributed by atoms with Gasteiger partial charge < -0.3 is 9.47 Å². The summed E-state index contributed by atoms with van der Waals surface area (Å²) in [7, 11) is 0. The number of benzene rings is 2. The molecule has 0 bridgehead atoms. The molecule has 1 aliphatic heterocycles. The van der Waals surface area contributed by atoms with Gasteiger partial charge in [-0.05, 0) is 48.4 Å². The predicted molar refractivity (Wildman–Crippen MR) is 111 cm³/mol. The topological polar surface area (TPSA) is 47.9 Å². The number of halogens is 1. The summed E-state index contributed by atoms with van der Waals surface area (Å²) in [6.07, 6.45) is 5.68. The summed E-state index contributed by atoms with van der Waals surface area (Å²) < 4.78 is 11.7. The van der Waals surface area contributed by atoms with E-state index in [0.717, 1.165) is 34.2 Å². The summed E-state index contributed by atoms with van der Waals surface area (Å²) in [6, 6.07) is 17.2. The van der Waals surface area contributed by atoms with Gasteiger partial charge in [0, 0.05) is 10.0 Å². The molecule has 3 rings (SSSR count). The first-order valence-corrected chi connectivity index (χ1v) is 9.63. The lowest BCUT2D eigenvalue weighted by Crippen LogP contribution is -2.05. The van der Waals surface area contributed by atoms with Gasteiger partial charge in [-0.15, -0.1) is 0 Å². The van der Waals surface area contributed by atoms with Gasteiger partial charge >= 0.3 is 5.97 Å². The molecule has 0 radical (unpaired) electrons. The maximum absolute atomic E-state index is 12.1. The lowest BCUT2D eigenvalue weighted by molar-refractivity contribution is -0.130. The van der Waals surface area contributed by atoms with E-state index >= 15 is 0 Å². The van der Waals surface area contributed by atoms with Gasteiger partial charge in [-0.3, -0.25) is 0 Å². The van der Waals surface area contributed by atoms with Crippen LogP contribution >= 0.6 is 15.9 Å². The van der Waals surface area contributed by atoms with Gasteiger partial charge in [-0.2, -0.15) is 0 Å². The molecule has 0 unspecified atom stereocenters. The number of rotatable bonds is 7. The first-order valence-electron chi connectivity index (χ1n) is 8.84. The van der Waals surface area contributed by atoms with Crippen LogP contribution in [0.2, 0.25) is 0 Å². The zero-order valence-corrected chi connectivity index (χ0v) is 16.6. The number of hydrogen-bond donors (Lipinski definition) is 0. The highest BCUT2D eigenvalue weighted by atomic mass is 79.9. The Morgan fingerprint density at radius 2 is 1.89 bits per heavy atom. The van der Waals surface area contributed by atoms with E-state index in [1.54, 1.807) is 6.08 Å². The molecule has 0 N–H and O–H groups in total. The summed E-state index contributed by atoms with van der Waals surface area (Å²) in [4.78, 5) is 16.4. The SMILES string of the molecule is CCCCOc1ccc(C2=NC(=CC(Br)=Cc3ccccc3)C(=O)O2)cc1. The number of hydrogen-bond acceptors (Lipinski definition) is 4. The van der Waals surface area contributed by atoms with Crippen molar-refractivity contribution in [1.82, 2.24) is 0 Å². The van der Waals surface area contributed by atoms with Crippen LogP contribution in [-0.2, 0) is 9.53 Å². The summed E-state index contributed by atoms with van der Waals surface area (Å²) >= 11 is 3.46. The highest BCUT2D eigenvalue weighted by molar-refractivity contribution is 9.12. The third-order valence-electron chi connectivity index (χ3n) is 3.87. The van der Waals surface area contributed by atoms with Crippen LogP contribution in [0.5, 0.6) is 5.75 Å². The molecule has 2 aromatic rings. The number of esters is 1. The van der Waals surface area contributed by atoms with E-state index < -0.39 is 5.97 Å². The Morgan fingerprint density at radius 3 is 2.59 bits per heavy atom. The first-order chi connectivity index (χ1) is 13.2. The Labute approximate surface area is 167 Å². The molecule has 4 nitrogen and oxygen atoms in total. The van der Waals surface area contributed by atoms with Gasteiger partial charge in [0.1, 0.15) is 5.75 Å². The van der Waals surface area contributed by atoms with Crippen LogP contribution in [0, 0.1) is 0 Å². The standard InChI is InChI=1S/C22H20BrNO3/c1-2-3-13-26-19-11-9-17(10-12-19)21-24-20(22(25)27-21)15-18(23)14-16-7-5-4-6-8-16/h4-12,14-15H,2-3,13H2,1H3. The van der Waals surface area contributed by atoms with Crippen LogP contribution in [0.1, 0.15) is 30.9 Å². The second-order valence-electron chi connectivity index (χ2n) is 6.00. The molecule has 27 heavy (non-hydrogen) atoms. The van der Waals surface area contributed by atoms with E-state index in [1.807, 2.05) is 60.7 Å². The number of carbonyl (C=O) groups is 1. The molecule has 0 saturated carbocycles. The minimum Gasteiger partial charge on any atom is -0.494 e. The molecule has 1 heterocycles. The minimum atomic E-state index is -0.466. The van der Waals surface area contributed by atoms with Crippen molar-refractivity contribution in [2.75, 3.05) is 6.61 Å². The largest absolute Gasteiger partial charge is 0.494 e. The van der Waals surface area contributed by atoms with Gasteiger partial charge in [0.2, 0.25) is 5.90 Å². The molecule has 0 aromatic heterocycles. The molecule has 0 fully saturated rings. The molecule has 2 aromatic carbocycles. The van der Waals surface area contributed by atoms with E-state index in [-0.39, 0.29) is 5.70 Å². The van der Waals surface area contributed by atoms with E-state index in [9.17, 15) is 4.79 Å². The quantitative estimate of drug-likeness (QED) is 0.334. The fraction of sp³-hybridized carbons (Fsp3) is 0.182. The fourth-order valence-electron chi connectivity index (χ4n) is 2.44. The Balaban J connectivity index is 1.73. The number of cyclic esters (lactones) is 1. The normalized spacial score (nSPS) is 15.6. The van der Waals surface area contributed by atoms with Gasteiger partial charge in [-0.25, -0.2) is 9.79 Å². The molecule has 0 spiro atoms. The van der Waals surface area contributed by atoms with E-state index in [0.29, 0.717) is 12.5 Å². The molecule has 0 amide bonds. The second-order valence-corrected chi connectivity index (χ2v) is 6.92. The van der Waals surface area contributed by atoms with Gasteiger partial charge in [0.15, 0.2) is 5.70 Å². The molecule has 1 aliphatic rings. The molecule has 0 saturated heterocycles. The second kappa shape index (κ2) is 9.33. The average Bonchev–Trinajstić information content (AvgIpc) is 3.03. The van der Waals surface area contributed by atoms with Crippen molar-refractivity contribution < 1.29 is 14.3 Å². The van der Waals surface area contributed by atoms with Crippen LogP contribution in [-0.4, -0.2) is 18.5 Å². The number of allylic oxidation sites excluding steroid dienone is 2. The first kappa shape index (κ1) is 19.1. The summed E-state index contributed by atoms with van der Waals surface area (Å²) in [5.74, 6) is 0.625. The van der Waals surface area contributed by atoms with Crippen LogP contribution in [0.3, 0.4) is 0 Å². The maximum atomic E-state index is 12.1. The Kier molecular flexibility index (Phi) is 6.60. The smallest absolute Gasteiger partial charge is 0.363 e. The molecular formula is C22H20BrNO3. The molecule has 0 aliphatic carbocycles. The zero-order chi connectivity index (χ0) is 19.1. The molecular weight excluding hydrogens is 406 g/mol. The number of unbranched alkanes of at least 4 members (excludes halogenated alkanes) is 1. The van der Waals surface area contributed by atoms with Crippen molar-refractivity contribution >= 4 is 33.9 Å². The summed E-state index contributed by atoms with van der Waals surface area (Å²) in [5, 5.41) is 0. The van der Waals surface area contributed by atoms with Crippen LogP contribution < -0.4 is 4.74 Å². The lowest BCUT2D eigenvalue weighted by atomic mass is 10.2. The Bertz CT molecular complexity index is 884. The van der Waals surface area contributed by atoms with Gasteiger partial charge in [-0.1, -0.05) is 59.6 Å². The van der Waals surface area contributed by atoms with Crippen molar-refractivity contribution in [2.24, 2.45) is 4.99 Å². The average molecular weight is 426 g/mol. The number of carbonyl (C=O) groups excluding carboxylic acids is 1. The highest BCUT2D eigenvalue weighted by Gasteiger charge is 2.24. The number of ether oxygens (including phenoxy) is 2. The predicted octanol–water partition coefficient (Wildman–Crippen LogP) is 5.49. The number of nitrogens with zero attached hydrogens (tertiary/aromatic N) is 1. The van der Waals surface area contributed by atoms with Crippen molar-refractivity contribution in [3.8, 4) is 5.75 Å². The minimum absolute atomic E-state index is 0.257. The Morgan fingerprint density at radius 1 is 1.15 bits per heavy atom. The number of aliphatic imine (C=N–C) groups is 1. The Hall–Kier alpha value is -2.66. The molecule has 0 atom stereocenters. The van der Waals surface area contributed by atoms with Gasteiger partial charge in [0.05, 0.1) is 6.61 Å². The van der Waals surface area contributed by atoms with E-state index in [2.05, 4.69) is 27.8 Å². The van der Waals surface area contributed by atoms with Crippen LogP contribution in [0.4, 0.5) is 0 Å². The van der Waals surface area contributed by atoms with Gasteiger partial charge in [0.25, 0.3) is 0 Å². The monoisotopic (exact) mass is 425 g/mol. The molecule has 5 heteroatoms. The van der Waals surface area contributed by atoms with Crippen molar-refractivity contribution in [2.45, 2.75) is 19.8 Å². The van der Waals surface area contributed by atoms with Crippen molar-refractivity contribution in [3.63, 3.8) is 0 Å². The third-order valence-corrected chi connectivity index (χ3v) is 4.32. The summed E-state index contributed by atoms with van der Waals surface area (Å²) in [6.45, 7) is 2.82. The third kappa shape index (κ3) is 5.41. The highest BCUT2D eigenvalue weighted by Crippen LogP contribution is 2.22. The lowest BCUT2D eigenvalue weighted by Gasteiger charge is -2.05. The fourth-order valence-corrected chi connectivity index (χ4v) is 2.92. The van der Waals surface area contributed by atoms with Crippen molar-refractivity contribution in [3.05, 3.63) is 82.0 Å². The molecule has 138 valence electrons.